The number of hydrogen-bond acceptors (Lipinski definition) is 3. The number of halogens is 1. The third kappa shape index (κ3) is 3.85. The summed E-state index contributed by atoms with van der Waals surface area (Å²) in [7, 11) is 0. The van der Waals surface area contributed by atoms with Crippen LogP contribution in [0.4, 0.5) is 11.4 Å². The molecule has 0 unspecified atom stereocenters. The van der Waals surface area contributed by atoms with E-state index in [1.54, 1.807) is 0 Å². The number of carbonyl (C=O) groups is 1. The minimum atomic E-state index is -0.0745. The maximum Gasteiger partial charge on any atom is 0.221 e. The van der Waals surface area contributed by atoms with E-state index < -0.39 is 0 Å². The molecule has 0 aliphatic carbocycles. The van der Waals surface area contributed by atoms with Crippen molar-refractivity contribution in [3.8, 4) is 0 Å². The summed E-state index contributed by atoms with van der Waals surface area (Å²) in [6.07, 6.45) is 0. The lowest BCUT2D eigenvalue weighted by molar-refractivity contribution is -0.114. The van der Waals surface area contributed by atoms with Crippen molar-refractivity contribution >= 4 is 33.2 Å². The van der Waals surface area contributed by atoms with Crippen molar-refractivity contribution in [2.75, 3.05) is 10.6 Å². The summed E-state index contributed by atoms with van der Waals surface area (Å²) in [4.78, 5) is 11.1. The topological polar surface area (TPSA) is 59.0 Å². The molecule has 2 rings (SSSR count). The van der Waals surface area contributed by atoms with Gasteiger partial charge in [-0.2, -0.15) is 5.10 Å². The maximum absolute atomic E-state index is 11.1. The van der Waals surface area contributed by atoms with Gasteiger partial charge in [-0.25, -0.2) is 0 Å². The van der Waals surface area contributed by atoms with Gasteiger partial charge in [-0.1, -0.05) is 6.07 Å². The highest BCUT2D eigenvalue weighted by atomic mass is 79.9. The van der Waals surface area contributed by atoms with Crippen molar-refractivity contribution in [1.82, 2.24) is 9.78 Å². The van der Waals surface area contributed by atoms with Gasteiger partial charge in [0.05, 0.1) is 22.4 Å². The van der Waals surface area contributed by atoms with E-state index in [9.17, 15) is 4.79 Å². The van der Waals surface area contributed by atoms with Crippen LogP contribution in [-0.2, 0) is 17.9 Å². The molecule has 2 aromatic rings. The van der Waals surface area contributed by atoms with Crippen LogP contribution >= 0.6 is 15.9 Å². The highest BCUT2D eigenvalue weighted by Gasteiger charge is 2.11. The van der Waals surface area contributed by atoms with Gasteiger partial charge >= 0.3 is 0 Å². The average molecular weight is 351 g/mol. The molecule has 1 aromatic carbocycles. The number of amides is 1. The van der Waals surface area contributed by atoms with E-state index in [4.69, 9.17) is 0 Å². The molecule has 1 amide bonds. The summed E-state index contributed by atoms with van der Waals surface area (Å²) < 4.78 is 3.01. The van der Waals surface area contributed by atoms with Gasteiger partial charge in [-0.05, 0) is 48.0 Å². The van der Waals surface area contributed by atoms with Crippen LogP contribution < -0.4 is 10.6 Å². The molecule has 5 nitrogen and oxygen atoms in total. The number of carbonyl (C=O) groups excluding carboxylic acids is 1. The molecule has 6 heteroatoms. The highest BCUT2D eigenvalue weighted by molar-refractivity contribution is 9.10. The van der Waals surface area contributed by atoms with E-state index in [1.165, 1.54) is 6.92 Å². The predicted molar refractivity (Wildman–Crippen MR) is 88.4 cm³/mol. The summed E-state index contributed by atoms with van der Waals surface area (Å²) in [5.74, 6) is -0.0745. The monoisotopic (exact) mass is 350 g/mol. The Hall–Kier alpha value is -1.82. The Labute approximate surface area is 132 Å². The van der Waals surface area contributed by atoms with Crippen LogP contribution in [0.25, 0.3) is 0 Å². The van der Waals surface area contributed by atoms with Gasteiger partial charge in [0.2, 0.25) is 5.91 Å². The Bertz CT molecular complexity index is 651. The first-order chi connectivity index (χ1) is 10.0. The van der Waals surface area contributed by atoms with E-state index in [-0.39, 0.29) is 5.91 Å². The van der Waals surface area contributed by atoms with Crippen molar-refractivity contribution < 1.29 is 4.79 Å². The van der Waals surface area contributed by atoms with Gasteiger partial charge in [0, 0.05) is 24.8 Å². The molecule has 21 heavy (non-hydrogen) atoms. The number of hydrogen-bond donors (Lipinski definition) is 2. The Kier molecular flexibility index (Phi) is 5.01. The number of rotatable bonds is 5. The van der Waals surface area contributed by atoms with Gasteiger partial charge in [-0.3, -0.25) is 9.48 Å². The average Bonchev–Trinajstić information content (AvgIpc) is 2.71. The second-order valence-electron chi connectivity index (χ2n) is 4.78. The van der Waals surface area contributed by atoms with Crippen LogP contribution in [0.3, 0.4) is 0 Å². The number of nitrogens with zero attached hydrogens (tertiary/aromatic N) is 2. The first-order valence-electron chi connectivity index (χ1n) is 6.84. The summed E-state index contributed by atoms with van der Waals surface area (Å²) in [5, 5.41) is 10.6. The van der Waals surface area contributed by atoms with Crippen molar-refractivity contribution in [3.05, 3.63) is 40.1 Å². The first-order valence-corrected chi connectivity index (χ1v) is 7.64. The molecular formula is C15H19BrN4O. The van der Waals surface area contributed by atoms with E-state index in [0.717, 1.165) is 33.8 Å². The summed E-state index contributed by atoms with van der Waals surface area (Å²) in [6, 6.07) is 7.65. The molecule has 0 spiro atoms. The van der Waals surface area contributed by atoms with E-state index in [1.807, 2.05) is 35.9 Å². The summed E-state index contributed by atoms with van der Waals surface area (Å²) in [6.45, 7) is 7.05. The smallest absolute Gasteiger partial charge is 0.221 e. The minimum absolute atomic E-state index is 0.0745. The molecule has 1 aromatic heterocycles. The molecule has 0 atom stereocenters. The van der Waals surface area contributed by atoms with Crippen LogP contribution in [0.5, 0.6) is 0 Å². The fourth-order valence-electron chi connectivity index (χ4n) is 2.13. The number of aromatic nitrogens is 2. The number of nitrogens with one attached hydrogen (secondary N) is 2. The van der Waals surface area contributed by atoms with E-state index >= 15 is 0 Å². The molecule has 2 N–H and O–H groups in total. The van der Waals surface area contributed by atoms with Gasteiger partial charge in [0.1, 0.15) is 0 Å². The molecule has 0 fully saturated rings. The van der Waals surface area contributed by atoms with Crippen LogP contribution in [0, 0.1) is 6.92 Å². The van der Waals surface area contributed by atoms with E-state index in [2.05, 4.69) is 38.6 Å². The quantitative estimate of drug-likeness (QED) is 0.866. The highest BCUT2D eigenvalue weighted by Crippen LogP contribution is 2.23. The van der Waals surface area contributed by atoms with Crippen LogP contribution in [0.2, 0.25) is 0 Å². The SMILES string of the molecule is CCn1nc(C)c(Br)c1CNc1cccc(NC(C)=O)c1. The normalized spacial score (nSPS) is 10.5. The minimum Gasteiger partial charge on any atom is -0.379 e. The second kappa shape index (κ2) is 6.76. The van der Waals surface area contributed by atoms with Crippen LogP contribution in [-0.4, -0.2) is 15.7 Å². The summed E-state index contributed by atoms with van der Waals surface area (Å²) in [5.41, 5.74) is 3.84. The fourth-order valence-corrected chi connectivity index (χ4v) is 2.56. The van der Waals surface area contributed by atoms with Crippen molar-refractivity contribution in [1.29, 1.82) is 0 Å². The Morgan fingerprint density at radius 2 is 2.10 bits per heavy atom. The van der Waals surface area contributed by atoms with Gasteiger partial charge in [0.15, 0.2) is 0 Å². The zero-order chi connectivity index (χ0) is 15.4. The third-order valence-electron chi connectivity index (χ3n) is 3.10. The number of aryl methyl sites for hydroxylation is 2. The third-order valence-corrected chi connectivity index (χ3v) is 4.13. The lowest BCUT2D eigenvalue weighted by Gasteiger charge is -2.10. The van der Waals surface area contributed by atoms with Crippen LogP contribution in [0.1, 0.15) is 25.2 Å². The number of anilines is 2. The maximum atomic E-state index is 11.1. The second-order valence-corrected chi connectivity index (χ2v) is 5.57. The molecule has 0 aliphatic rings. The molecule has 0 saturated carbocycles. The Morgan fingerprint density at radius 1 is 1.38 bits per heavy atom. The zero-order valence-electron chi connectivity index (χ0n) is 12.4. The standard InChI is InChI=1S/C15H19BrN4O/c1-4-20-14(15(16)10(2)19-20)9-17-12-6-5-7-13(8-12)18-11(3)21/h5-8,17H,4,9H2,1-3H3,(H,18,21). The molecule has 0 radical (unpaired) electrons. The first kappa shape index (κ1) is 15.6. The van der Waals surface area contributed by atoms with Gasteiger partial charge in [-0.15, -0.1) is 0 Å². The summed E-state index contributed by atoms with van der Waals surface area (Å²) >= 11 is 3.58. The molecule has 0 aliphatic heterocycles. The van der Waals surface area contributed by atoms with Gasteiger partial charge < -0.3 is 10.6 Å². The fraction of sp³-hybridized carbons (Fsp3) is 0.333. The van der Waals surface area contributed by atoms with Crippen molar-refractivity contribution in [2.24, 2.45) is 0 Å². The molecule has 112 valence electrons. The van der Waals surface area contributed by atoms with E-state index in [0.29, 0.717) is 6.54 Å². The van der Waals surface area contributed by atoms with Crippen molar-refractivity contribution in [2.45, 2.75) is 33.9 Å². The van der Waals surface area contributed by atoms with Gasteiger partial charge in [0.25, 0.3) is 0 Å². The predicted octanol–water partition coefficient (Wildman–Crippen LogP) is 3.54. The van der Waals surface area contributed by atoms with Crippen molar-refractivity contribution in [3.63, 3.8) is 0 Å². The molecule has 0 bridgehead atoms. The Morgan fingerprint density at radius 3 is 2.76 bits per heavy atom. The molecular weight excluding hydrogens is 332 g/mol. The van der Waals surface area contributed by atoms with Crippen LogP contribution in [0.15, 0.2) is 28.7 Å². The molecule has 0 saturated heterocycles. The molecule has 1 heterocycles. The zero-order valence-corrected chi connectivity index (χ0v) is 14.0. The largest absolute Gasteiger partial charge is 0.379 e. The number of benzene rings is 1. The lowest BCUT2D eigenvalue weighted by Crippen LogP contribution is -2.09. The lowest BCUT2D eigenvalue weighted by atomic mass is 10.2. The Balaban J connectivity index is 2.11.